The zero-order chi connectivity index (χ0) is 13.9. The molecule has 0 radical (unpaired) electrons. The quantitative estimate of drug-likeness (QED) is 0.773. The molecule has 3 nitrogen and oxygen atoms in total. The lowest BCUT2D eigenvalue weighted by Gasteiger charge is -2.05. The van der Waals surface area contributed by atoms with Gasteiger partial charge in [0.15, 0.2) is 5.82 Å². The summed E-state index contributed by atoms with van der Waals surface area (Å²) in [6.45, 7) is 2.74. The number of aromatic nitrogens is 2. The summed E-state index contributed by atoms with van der Waals surface area (Å²) in [5.74, 6) is 1.13. The van der Waals surface area contributed by atoms with E-state index in [4.69, 9.17) is 4.74 Å². The van der Waals surface area contributed by atoms with Crippen LogP contribution in [0.5, 0.6) is 5.75 Å². The molecule has 0 saturated heterocycles. The van der Waals surface area contributed by atoms with E-state index in [2.05, 4.69) is 16.9 Å². The Kier molecular flexibility index (Phi) is 3.37. The molecular formula is C16H15FN2O. The number of fused-ring (bicyclic) bond motifs is 1. The van der Waals surface area contributed by atoms with Crippen LogP contribution in [-0.2, 0) is 0 Å². The Labute approximate surface area is 116 Å². The van der Waals surface area contributed by atoms with Crippen molar-refractivity contribution in [3.63, 3.8) is 0 Å². The summed E-state index contributed by atoms with van der Waals surface area (Å²) in [5, 5.41) is 0. The summed E-state index contributed by atoms with van der Waals surface area (Å²) < 4.78 is 19.3. The van der Waals surface area contributed by atoms with E-state index in [-0.39, 0.29) is 5.82 Å². The zero-order valence-corrected chi connectivity index (χ0v) is 11.2. The number of hydrogen-bond acceptors (Lipinski definition) is 2. The Morgan fingerprint density at radius 2 is 2.05 bits per heavy atom. The first-order valence-electron chi connectivity index (χ1n) is 6.65. The molecule has 1 N–H and O–H groups in total. The van der Waals surface area contributed by atoms with Crippen LogP contribution in [0.1, 0.15) is 13.3 Å². The predicted octanol–water partition coefficient (Wildman–Crippen LogP) is 4.16. The van der Waals surface area contributed by atoms with Crippen LogP contribution < -0.4 is 4.74 Å². The van der Waals surface area contributed by atoms with E-state index in [1.165, 1.54) is 6.07 Å². The normalized spacial score (nSPS) is 10.9. The van der Waals surface area contributed by atoms with Gasteiger partial charge in [0.05, 0.1) is 12.1 Å². The molecular weight excluding hydrogens is 255 g/mol. The molecule has 1 heterocycles. The molecule has 4 heteroatoms. The Morgan fingerprint density at radius 1 is 1.20 bits per heavy atom. The molecule has 0 spiro atoms. The number of nitrogens with one attached hydrogen (secondary N) is 1. The summed E-state index contributed by atoms with van der Waals surface area (Å²) in [7, 11) is 0. The number of rotatable bonds is 4. The van der Waals surface area contributed by atoms with Gasteiger partial charge in [-0.15, -0.1) is 0 Å². The van der Waals surface area contributed by atoms with Crippen LogP contribution in [0, 0.1) is 5.82 Å². The molecule has 0 aliphatic heterocycles. The number of para-hydroxylation sites is 1. The lowest BCUT2D eigenvalue weighted by atomic mass is 10.2. The monoisotopic (exact) mass is 270 g/mol. The van der Waals surface area contributed by atoms with Crippen molar-refractivity contribution in [3.05, 3.63) is 48.3 Å². The molecule has 102 valence electrons. The minimum atomic E-state index is -0.316. The second kappa shape index (κ2) is 5.33. The molecule has 0 bridgehead atoms. The number of hydrogen-bond donors (Lipinski definition) is 1. The van der Waals surface area contributed by atoms with Crippen molar-refractivity contribution in [3.8, 4) is 17.1 Å². The summed E-state index contributed by atoms with van der Waals surface area (Å²) in [6, 6.07) is 12.5. The lowest BCUT2D eigenvalue weighted by Crippen LogP contribution is -1.94. The van der Waals surface area contributed by atoms with Crippen LogP contribution in [-0.4, -0.2) is 16.6 Å². The molecule has 1 aromatic heterocycles. The van der Waals surface area contributed by atoms with Gasteiger partial charge in [0, 0.05) is 5.56 Å². The Hall–Kier alpha value is -2.36. The van der Waals surface area contributed by atoms with Crippen LogP contribution in [0.4, 0.5) is 4.39 Å². The molecule has 2 aromatic carbocycles. The van der Waals surface area contributed by atoms with Gasteiger partial charge in [-0.1, -0.05) is 25.1 Å². The van der Waals surface area contributed by atoms with Crippen LogP contribution >= 0.6 is 0 Å². The highest BCUT2D eigenvalue weighted by atomic mass is 19.1. The van der Waals surface area contributed by atoms with E-state index in [0.717, 1.165) is 17.7 Å². The number of halogens is 1. The average Bonchev–Trinajstić information content (AvgIpc) is 2.91. The van der Waals surface area contributed by atoms with Gasteiger partial charge in [-0.25, -0.2) is 9.37 Å². The molecule has 0 amide bonds. The highest BCUT2D eigenvalue weighted by Gasteiger charge is 2.09. The van der Waals surface area contributed by atoms with Crippen molar-refractivity contribution in [1.29, 1.82) is 0 Å². The highest BCUT2D eigenvalue weighted by molar-refractivity contribution is 5.80. The first kappa shape index (κ1) is 12.7. The van der Waals surface area contributed by atoms with Crippen molar-refractivity contribution >= 4 is 11.0 Å². The third-order valence-corrected chi connectivity index (χ3v) is 3.04. The number of H-pyrrole nitrogens is 1. The highest BCUT2D eigenvalue weighted by Crippen LogP contribution is 2.25. The minimum Gasteiger partial charge on any atom is -0.494 e. The first-order valence-corrected chi connectivity index (χ1v) is 6.65. The summed E-state index contributed by atoms with van der Waals surface area (Å²) in [4.78, 5) is 7.45. The van der Waals surface area contributed by atoms with Crippen LogP contribution in [0.2, 0.25) is 0 Å². The molecule has 3 rings (SSSR count). The van der Waals surface area contributed by atoms with Crippen molar-refractivity contribution < 1.29 is 9.13 Å². The smallest absolute Gasteiger partial charge is 0.151 e. The van der Waals surface area contributed by atoms with E-state index in [9.17, 15) is 4.39 Å². The van der Waals surface area contributed by atoms with Crippen molar-refractivity contribution in [2.24, 2.45) is 0 Å². The molecule has 0 aliphatic carbocycles. The van der Waals surface area contributed by atoms with Crippen LogP contribution in [0.15, 0.2) is 42.5 Å². The van der Waals surface area contributed by atoms with Gasteiger partial charge in [-0.3, -0.25) is 0 Å². The second-order valence-corrected chi connectivity index (χ2v) is 4.60. The molecule has 0 saturated carbocycles. The Morgan fingerprint density at radius 3 is 2.85 bits per heavy atom. The number of imidazole rings is 1. The molecule has 0 aliphatic rings. The lowest BCUT2D eigenvalue weighted by molar-refractivity contribution is 0.317. The fourth-order valence-corrected chi connectivity index (χ4v) is 2.09. The van der Waals surface area contributed by atoms with Crippen molar-refractivity contribution in [2.75, 3.05) is 6.61 Å². The van der Waals surface area contributed by atoms with E-state index < -0.39 is 0 Å². The summed E-state index contributed by atoms with van der Waals surface area (Å²) >= 11 is 0. The minimum absolute atomic E-state index is 0.316. The third kappa shape index (κ3) is 2.37. The standard InChI is InChI=1S/C16H15FN2O/c1-2-9-20-12-6-3-5-11(10-12)16-18-14-8-4-7-13(17)15(14)19-16/h3-8,10H,2,9H2,1H3,(H,18,19). The molecule has 0 unspecified atom stereocenters. The van der Waals surface area contributed by atoms with Crippen LogP contribution in [0.25, 0.3) is 22.4 Å². The largest absolute Gasteiger partial charge is 0.494 e. The van der Waals surface area contributed by atoms with E-state index in [1.54, 1.807) is 6.07 Å². The maximum absolute atomic E-state index is 13.7. The molecule has 0 atom stereocenters. The van der Waals surface area contributed by atoms with E-state index in [0.29, 0.717) is 23.5 Å². The third-order valence-electron chi connectivity index (χ3n) is 3.04. The van der Waals surface area contributed by atoms with Gasteiger partial charge in [-0.05, 0) is 30.7 Å². The molecule has 0 fully saturated rings. The fraction of sp³-hybridized carbons (Fsp3) is 0.188. The average molecular weight is 270 g/mol. The summed E-state index contributed by atoms with van der Waals surface area (Å²) in [5.41, 5.74) is 1.94. The number of ether oxygens (including phenoxy) is 1. The molecule has 3 aromatic rings. The summed E-state index contributed by atoms with van der Waals surface area (Å²) in [6.07, 6.45) is 0.958. The van der Waals surface area contributed by atoms with Gasteiger partial charge in [0.2, 0.25) is 0 Å². The fourth-order valence-electron chi connectivity index (χ4n) is 2.09. The Balaban J connectivity index is 2.00. The predicted molar refractivity (Wildman–Crippen MR) is 77.3 cm³/mol. The Bertz CT molecular complexity index is 736. The van der Waals surface area contributed by atoms with E-state index >= 15 is 0 Å². The number of nitrogens with zero attached hydrogens (tertiary/aromatic N) is 1. The van der Waals surface area contributed by atoms with Gasteiger partial charge < -0.3 is 9.72 Å². The van der Waals surface area contributed by atoms with E-state index in [1.807, 2.05) is 30.3 Å². The topological polar surface area (TPSA) is 37.9 Å². The number of benzene rings is 2. The van der Waals surface area contributed by atoms with Gasteiger partial charge in [0.25, 0.3) is 0 Å². The second-order valence-electron chi connectivity index (χ2n) is 4.60. The zero-order valence-electron chi connectivity index (χ0n) is 11.2. The maximum Gasteiger partial charge on any atom is 0.151 e. The van der Waals surface area contributed by atoms with Gasteiger partial charge >= 0.3 is 0 Å². The molecule has 20 heavy (non-hydrogen) atoms. The van der Waals surface area contributed by atoms with Crippen molar-refractivity contribution in [1.82, 2.24) is 9.97 Å². The maximum atomic E-state index is 13.7. The van der Waals surface area contributed by atoms with Crippen LogP contribution in [0.3, 0.4) is 0 Å². The van der Waals surface area contributed by atoms with Gasteiger partial charge in [-0.2, -0.15) is 0 Å². The number of aromatic amines is 1. The SMILES string of the molecule is CCCOc1cccc(-c2nc3c(F)cccc3[nH]2)c1. The van der Waals surface area contributed by atoms with Crippen molar-refractivity contribution in [2.45, 2.75) is 13.3 Å². The van der Waals surface area contributed by atoms with Gasteiger partial charge in [0.1, 0.15) is 17.1 Å². The first-order chi connectivity index (χ1) is 9.78.